The van der Waals surface area contributed by atoms with Crippen molar-refractivity contribution < 1.29 is 24.2 Å². The van der Waals surface area contributed by atoms with Gasteiger partial charge in [-0.15, -0.1) is 0 Å². The van der Waals surface area contributed by atoms with E-state index < -0.39 is 11.6 Å². The summed E-state index contributed by atoms with van der Waals surface area (Å²) in [5.74, 6) is -0.0683. The minimum absolute atomic E-state index is 0.0154. The minimum atomic E-state index is -0.951. The molecule has 9 heteroatoms. The summed E-state index contributed by atoms with van der Waals surface area (Å²) in [5, 5.41) is 11.6. The average Bonchev–Trinajstić information content (AvgIpc) is 3.24. The second-order valence-electron chi connectivity index (χ2n) is 15.6. The van der Waals surface area contributed by atoms with Gasteiger partial charge in [0.15, 0.2) is 5.84 Å². The molecule has 1 saturated carbocycles. The van der Waals surface area contributed by atoms with Crippen molar-refractivity contribution in [1.29, 1.82) is 0 Å². The van der Waals surface area contributed by atoms with E-state index in [0.717, 1.165) is 56.9 Å². The maximum Gasteiger partial charge on any atom is 0.305 e. The molecule has 1 aromatic rings. The zero-order chi connectivity index (χ0) is 33.0. The van der Waals surface area contributed by atoms with Gasteiger partial charge in [-0.3, -0.25) is 14.4 Å². The first-order valence-electron chi connectivity index (χ1n) is 17.0. The number of amidine groups is 1. The Morgan fingerprint density at radius 3 is 2.36 bits per heavy atom. The van der Waals surface area contributed by atoms with Crippen LogP contribution >= 0.6 is 0 Å². The molecule has 2 heterocycles. The number of morpholine rings is 1. The van der Waals surface area contributed by atoms with E-state index in [-0.39, 0.29) is 47.7 Å². The number of carboxylic acid groups (broad SMARTS) is 1. The number of nitrogens with one attached hydrogen (secondary N) is 1. The largest absolute Gasteiger partial charge is 0.481 e. The van der Waals surface area contributed by atoms with Crippen LogP contribution in [0.3, 0.4) is 0 Å². The molecule has 1 unspecified atom stereocenters. The summed E-state index contributed by atoms with van der Waals surface area (Å²) in [7, 11) is 0. The molecule has 4 rings (SSSR count). The van der Waals surface area contributed by atoms with Crippen molar-refractivity contribution >= 4 is 23.6 Å². The molecule has 45 heavy (non-hydrogen) atoms. The van der Waals surface area contributed by atoms with Crippen LogP contribution in [-0.4, -0.2) is 76.5 Å². The van der Waals surface area contributed by atoms with E-state index in [9.17, 15) is 14.4 Å². The fourth-order valence-corrected chi connectivity index (χ4v) is 7.28. The van der Waals surface area contributed by atoms with Gasteiger partial charge in [0, 0.05) is 18.7 Å². The smallest absolute Gasteiger partial charge is 0.305 e. The molecule has 1 aliphatic carbocycles. The summed E-state index contributed by atoms with van der Waals surface area (Å²) >= 11 is 0. The number of ether oxygens (including phenoxy) is 1. The van der Waals surface area contributed by atoms with Crippen molar-refractivity contribution in [3.8, 4) is 0 Å². The van der Waals surface area contributed by atoms with Crippen molar-refractivity contribution in [2.75, 3.05) is 26.3 Å². The maximum atomic E-state index is 14.8. The highest BCUT2D eigenvalue weighted by molar-refractivity contribution is 6.39. The highest BCUT2D eigenvalue weighted by atomic mass is 16.5. The first kappa shape index (κ1) is 34.9. The highest BCUT2D eigenvalue weighted by Gasteiger charge is 2.54. The Hall–Kier alpha value is -2.94. The van der Waals surface area contributed by atoms with E-state index in [0.29, 0.717) is 37.1 Å². The molecular weight excluding hydrogens is 568 g/mol. The zero-order valence-corrected chi connectivity index (χ0v) is 28.7. The second-order valence-corrected chi connectivity index (χ2v) is 15.6. The standard InChI is InChI=1S/C36H56N4O5/c1-8-9-28-24-45-23-22-39(28)31-33(44)40(36(38-31)19-14-27(15-20-36)35(5,6)7)29(16-18-34(2,3)4)25-10-12-26(13-11-25)32(43)37-21-17-30(41)42/h10-13,27-29H,8-9,14-24H2,1-7H3,(H,37,43)(H,41,42)/t27?,28?,29-,36?/m1/s1. The molecule has 0 radical (unpaired) electrons. The van der Waals surface area contributed by atoms with Gasteiger partial charge in [-0.25, -0.2) is 4.99 Å². The lowest BCUT2D eigenvalue weighted by molar-refractivity contribution is -0.137. The third kappa shape index (κ3) is 8.46. The monoisotopic (exact) mass is 624 g/mol. The number of carbonyl (C=O) groups excluding carboxylic acids is 2. The maximum absolute atomic E-state index is 14.8. The predicted molar refractivity (Wildman–Crippen MR) is 177 cm³/mol. The van der Waals surface area contributed by atoms with Crippen molar-refractivity contribution in [3.63, 3.8) is 0 Å². The average molecular weight is 625 g/mol. The molecule has 2 N–H and O–H groups in total. The van der Waals surface area contributed by atoms with E-state index in [1.807, 2.05) is 12.1 Å². The van der Waals surface area contributed by atoms with Crippen LogP contribution in [0.25, 0.3) is 0 Å². The van der Waals surface area contributed by atoms with Crippen LogP contribution < -0.4 is 5.32 Å². The van der Waals surface area contributed by atoms with Crippen LogP contribution in [0.15, 0.2) is 29.3 Å². The van der Waals surface area contributed by atoms with Crippen molar-refractivity contribution in [2.45, 2.75) is 124 Å². The molecule has 2 fully saturated rings. The summed E-state index contributed by atoms with van der Waals surface area (Å²) in [4.78, 5) is 48.2. The van der Waals surface area contributed by atoms with E-state index >= 15 is 0 Å². The molecule has 0 bridgehead atoms. The second kappa shape index (κ2) is 14.2. The van der Waals surface area contributed by atoms with Crippen molar-refractivity contribution in [2.24, 2.45) is 21.7 Å². The number of benzene rings is 1. The summed E-state index contributed by atoms with van der Waals surface area (Å²) in [6.45, 7) is 17.8. The Morgan fingerprint density at radius 1 is 1.11 bits per heavy atom. The molecule has 2 atom stereocenters. The van der Waals surface area contributed by atoms with Crippen LogP contribution in [0, 0.1) is 16.7 Å². The fraction of sp³-hybridized carbons (Fsp3) is 0.722. The summed E-state index contributed by atoms with van der Waals surface area (Å²) in [6.07, 6.45) is 7.26. The number of carboxylic acids is 1. The summed E-state index contributed by atoms with van der Waals surface area (Å²) in [5.41, 5.74) is 1.14. The number of hydrogen-bond acceptors (Lipinski definition) is 6. The van der Waals surface area contributed by atoms with Gasteiger partial charge < -0.3 is 25.0 Å². The molecule has 1 aromatic carbocycles. The molecular formula is C36H56N4O5. The third-order valence-electron chi connectivity index (χ3n) is 9.97. The Kier molecular flexibility index (Phi) is 11.0. The van der Waals surface area contributed by atoms with E-state index in [4.69, 9.17) is 14.8 Å². The number of aliphatic carboxylic acids is 1. The zero-order valence-electron chi connectivity index (χ0n) is 28.7. The summed E-state index contributed by atoms with van der Waals surface area (Å²) < 4.78 is 5.85. The molecule has 1 saturated heterocycles. The van der Waals surface area contributed by atoms with Gasteiger partial charge in [-0.05, 0) is 79.4 Å². The van der Waals surface area contributed by atoms with Crippen molar-refractivity contribution in [1.82, 2.24) is 15.1 Å². The van der Waals surface area contributed by atoms with Crippen molar-refractivity contribution in [3.05, 3.63) is 35.4 Å². The first-order chi connectivity index (χ1) is 21.1. The number of hydrogen-bond donors (Lipinski definition) is 2. The van der Waals surface area contributed by atoms with Crippen LogP contribution in [0.2, 0.25) is 0 Å². The Balaban J connectivity index is 1.71. The molecule has 9 nitrogen and oxygen atoms in total. The van der Waals surface area contributed by atoms with Gasteiger partial charge >= 0.3 is 5.97 Å². The van der Waals surface area contributed by atoms with Crippen LogP contribution in [0.5, 0.6) is 0 Å². The van der Waals surface area contributed by atoms with E-state index in [2.05, 4.69) is 63.6 Å². The first-order valence-corrected chi connectivity index (χ1v) is 17.0. The number of nitrogens with zero attached hydrogens (tertiary/aromatic N) is 3. The van der Waals surface area contributed by atoms with Gasteiger partial charge in [0.25, 0.3) is 11.8 Å². The molecule has 0 aromatic heterocycles. The Morgan fingerprint density at radius 2 is 1.78 bits per heavy atom. The molecule has 3 aliphatic rings. The lowest BCUT2D eigenvalue weighted by Crippen LogP contribution is -2.54. The quantitative estimate of drug-likeness (QED) is 0.310. The number of aliphatic imine (C=N–C) groups is 1. The van der Waals surface area contributed by atoms with Gasteiger partial charge in [0.1, 0.15) is 5.66 Å². The molecule has 1 spiro atoms. The van der Waals surface area contributed by atoms with E-state index in [1.54, 1.807) is 12.1 Å². The number of carbonyl (C=O) groups is 3. The topological polar surface area (TPSA) is 112 Å². The SMILES string of the molecule is CCCC1COCCN1C1=NC2(CCC(C(C)(C)C)CC2)N([C@H](CCC(C)(C)C)c2ccc(C(=O)NCCC(=O)O)cc2)C1=O. The summed E-state index contributed by atoms with van der Waals surface area (Å²) in [6, 6.07) is 7.46. The molecule has 2 aliphatic heterocycles. The lowest BCUT2D eigenvalue weighted by Gasteiger charge is -2.47. The lowest BCUT2D eigenvalue weighted by atomic mass is 9.69. The van der Waals surface area contributed by atoms with Gasteiger partial charge in [0.2, 0.25) is 0 Å². The van der Waals surface area contributed by atoms with Gasteiger partial charge in [-0.1, -0.05) is 67.0 Å². The van der Waals surface area contributed by atoms with Crippen LogP contribution in [0.4, 0.5) is 0 Å². The van der Waals surface area contributed by atoms with Gasteiger partial charge in [-0.2, -0.15) is 0 Å². The number of amides is 2. The van der Waals surface area contributed by atoms with E-state index in [1.165, 1.54) is 0 Å². The Bertz CT molecular complexity index is 1220. The Labute approximate surface area is 270 Å². The van der Waals surface area contributed by atoms with Crippen LogP contribution in [0.1, 0.15) is 128 Å². The molecule has 2 amide bonds. The minimum Gasteiger partial charge on any atom is -0.481 e. The highest BCUT2D eigenvalue weighted by Crippen LogP contribution is 2.50. The van der Waals surface area contributed by atoms with Crippen LogP contribution in [-0.2, 0) is 14.3 Å². The fourth-order valence-electron chi connectivity index (χ4n) is 7.28. The normalized spacial score (nSPS) is 25.0. The predicted octanol–water partition coefficient (Wildman–Crippen LogP) is 6.43. The molecule has 250 valence electrons. The third-order valence-corrected chi connectivity index (χ3v) is 9.97. The van der Waals surface area contributed by atoms with Gasteiger partial charge in [0.05, 0.1) is 31.7 Å². The number of rotatable bonds is 10.